The molecule has 0 aliphatic carbocycles. The van der Waals surface area contributed by atoms with Gasteiger partial charge >= 0.3 is 0 Å². The lowest BCUT2D eigenvalue weighted by Crippen LogP contribution is -2.30. The van der Waals surface area contributed by atoms with Crippen LogP contribution < -0.4 is 10.4 Å². The first-order chi connectivity index (χ1) is 10.7. The van der Waals surface area contributed by atoms with E-state index in [1.807, 2.05) is 30.3 Å². The summed E-state index contributed by atoms with van der Waals surface area (Å²) in [4.78, 5) is 29.6. The van der Waals surface area contributed by atoms with Crippen molar-refractivity contribution in [1.29, 1.82) is 0 Å². The van der Waals surface area contributed by atoms with E-state index in [1.54, 1.807) is 30.3 Å². The van der Waals surface area contributed by atoms with E-state index in [2.05, 4.69) is 0 Å². The van der Waals surface area contributed by atoms with Gasteiger partial charge in [0.1, 0.15) is 12.3 Å². The lowest BCUT2D eigenvalue weighted by molar-refractivity contribution is 0.0780. The van der Waals surface area contributed by atoms with E-state index in [0.717, 1.165) is 10.3 Å². The molecule has 1 aromatic heterocycles. The highest BCUT2D eigenvalue weighted by molar-refractivity contribution is 6.67. The summed E-state index contributed by atoms with van der Waals surface area (Å²) >= 11 is 5.58. The SMILES string of the molecule is O=C(Cl)c1cc2ccccc2c(=O)n1OCc1ccccc1. The minimum absolute atomic E-state index is 0.0151. The van der Waals surface area contributed by atoms with Gasteiger partial charge in [0.15, 0.2) is 0 Å². The van der Waals surface area contributed by atoms with Crippen molar-refractivity contribution < 1.29 is 9.63 Å². The van der Waals surface area contributed by atoms with Crippen LogP contribution in [0.2, 0.25) is 0 Å². The van der Waals surface area contributed by atoms with E-state index in [-0.39, 0.29) is 12.3 Å². The molecule has 5 heteroatoms. The monoisotopic (exact) mass is 313 g/mol. The molecule has 22 heavy (non-hydrogen) atoms. The Hall–Kier alpha value is -2.59. The molecule has 0 radical (unpaired) electrons. The maximum Gasteiger partial charge on any atom is 0.291 e. The molecule has 0 amide bonds. The molecule has 0 aliphatic rings. The average molecular weight is 314 g/mol. The van der Waals surface area contributed by atoms with Gasteiger partial charge in [-0.3, -0.25) is 9.59 Å². The van der Waals surface area contributed by atoms with Crippen molar-refractivity contribution >= 4 is 27.6 Å². The number of nitrogens with zero attached hydrogens (tertiary/aromatic N) is 1. The molecule has 0 N–H and O–H groups in total. The maximum atomic E-state index is 12.5. The fourth-order valence-corrected chi connectivity index (χ4v) is 2.35. The average Bonchev–Trinajstić information content (AvgIpc) is 2.54. The van der Waals surface area contributed by atoms with Gasteiger partial charge in [-0.05, 0) is 34.7 Å². The Labute approximate surface area is 131 Å². The van der Waals surface area contributed by atoms with Gasteiger partial charge in [0.2, 0.25) is 0 Å². The minimum Gasteiger partial charge on any atom is -0.405 e. The van der Waals surface area contributed by atoms with E-state index in [4.69, 9.17) is 16.4 Å². The topological polar surface area (TPSA) is 48.3 Å². The zero-order valence-corrected chi connectivity index (χ0v) is 12.3. The van der Waals surface area contributed by atoms with Crippen LogP contribution in [0.4, 0.5) is 0 Å². The van der Waals surface area contributed by atoms with Crippen LogP contribution in [0.25, 0.3) is 10.8 Å². The molecule has 2 aromatic carbocycles. The van der Waals surface area contributed by atoms with Crippen LogP contribution >= 0.6 is 11.6 Å². The Morgan fingerprint density at radius 2 is 1.73 bits per heavy atom. The molecule has 0 saturated carbocycles. The third-order valence-electron chi connectivity index (χ3n) is 3.29. The summed E-state index contributed by atoms with van der Waals surface area (Å²) in [6.07, 6.45) is 0. The smallest absolute Gasteiger partial charge is 0.291 e. The number of halogens is 1. The Bertz CT molecular complexity index is 887. The van der Waals surface area contributed by atoms with Crippen molar-refractivity contribution in [3.63, 3.8) is 0 Å². The normalized spacial score (nSPS) is 10.6. The lowest BCUT2D eigenvalue weighted by Gasteiger charge is -2.13. The Balaban J connectivity index is 2.07. The highest BCUT2D eigenvalue weighted by Crippen LogP contribution is 2.13. The van der Waals surface area contributed by atoms with Crippen LogP contribution in [0.15, 0.2) is 65.5 Å². The van der Waals surface area contributed by atoms with E-state index >= 15 is 0 Å². The Kier molecular flexibility index (Phi) is 3.94. The van der Waals surface area contributed by atoms with Crippen LogP contribution in [0.5, 0.6) is 0 Å². The van der Waals surface area contributed by atoms with Crippen molar-refractivity contribution in [2.75, 3.05) is 0 Å². The third-order valence-corrected chi connectivity index (χ3v) is 3.48. The zero-order chi connectivity index (χ0) is 15.5. The fraction of sp³-hybridized carbons (Fsp3) is 0.0588. The second-order valence-electron chi connectivity index (χ2n) is 4.75. The number of fused-ring (bicyclic) bond motifs is 1. The first kappa shape index (κ1) is 14.4. The number of rotatable bonds is 4. The molecular weight excluding hydrogens is 302 g/mol. The van der Waals surface area contributed by atoms with Gasteiger partial charge in [-0.1, -0.05) is 48.5 Å². The summed E-state index contributed by atoms with van der Waals surface area (Å²) < 4.78 is 0.963. The molecular formula is C17H12ClNO3. The molecule has 3 aromatic rings. The molecule has 4 nitrogen and oxygen atoms in total. The van der Waals surface area contributed by atoms with E-state index < -0.39 is 10.8 Å². The predicted octanol–water partition coefficient (Wildman–Crippen LogP) is 3.01. The van der Waals surface area contributed by atoms with E-state index in [1.165, 1.54) is 0 Å². The van der Waals surface area contributed by atoms with Gasteiger partial charge < -0.3 is 4.84 Å². The molecule has 0 unspecified atom stereocenters. The summed E-state index contributed by atoms with van der Waals surface area (Å²) in [7, 11) is 0. The Morgan fingerprint density at radius 1 is 1.05 bits per heavy atom. The number of hydrogen-bond donors (Lipinski definition) is 0. The van der Waals surface area contributed by atoms with Gasteiger partial charge in [0, 0.05) is 0 Å². The number of benzene rings is 2. The summed E-state index contributed by atoms with van der Waals surface area (Å²) in [6, 6.07) is 17.9. The largest absolute Gasteiger partial charge is 0.405 e. The van der Waals surface area contributed by atoms with Crippen LogP contribution in [-0.2, 0) is 6.61 Å². The standard InChI is InChI=1S/C17H12ClNO3/c18-16(20)15-10-13-8-4-5-9-14(13)17(21)19(15)22-11-12-6-2-1-3-7-12/h1-10H,11H2. The number of pyridine rings is 1. The maximum absolute atomic E-state index is 12.5. The number of carbonyl (C=O) groups excluding carboxylic acids is 1. The molecule has 0 spiro atoms. The van der Waals surface area contributed by atoms with Crippen molar-refractivity contribution in [3.05, 3.63) is 82.3 Å². The van der Waals surface area contributed by atoms with Gasteiger partial charge in [0.25, 0.3) is 10.8 Å². The predicted molar refractivity (Wildman–Crippen MR) is 85.1 cm³/mol. The van der Waals surface area contributed by atoms with Crippen molar-refractivity contribution in [1.82, 2.24) is 4.73 Å². The number of hydrogen-bond acceptors (Lipinski definition) is 3. The summed E-state index contributed by atoms with van der Waals surface area (Å²) in [5.74, 6) is 0. The van der Waals surface area contributed by atoms with Crippen LogP contribution in [0.1, 0.15) is 16.1 Å². The molecule has 110 valence electrons. The van der Waals surface area contributed by atoms with Crippen molar-refractivity contribution in [2.45, 2.75) is 6.61 Å². The second kappa shape index (κ2) is 6.03. The van der Waals surface area contributed by atoms with Gasteiger partial charge in [-0.15, -0.1) is 4.73 Å². The molecule has 3 rings (SSSR count). The summed E-state index contributed by atoms with van der Waals surface area (Å²) in [5.41, 5.74) is 0.495. The second-order valence-corrected chi connectivity index (χ2v) is 5.09. The fourth-order valence-electron chi connectivity index (χ4n) is 2.22. The molecule has 0 fully saturated rings. The summed E-state index contributed by atoms with van der Waals surface area (Å²) in [5, 5.41) is 0.379. The quantitative estimate of drug-likeness (QED) is 0.696. The zero-order valence-electron chi connectivity index (χ0n) is 11.5. The molecule has 0 bridgehead atoms. The van der Waals surface area contributed by atoms with E-state index in [0.29, 0.717) is 10.8 Å². The summed E-state index contributed by atoms with van der Waals surface area (Å²) in [6.45, 7) is 0.163. The minimum atomic E-state index is -0.740. The lowest BCUT2D eigenvalue weighted by atomic mass is 10.1. The number of carbonyl (C=O) groups is 1. The Morgan fingerprint density at radius 3 is 2.45 bits per heavy atom. The van der Waals surface area contributed by atoms with Gasteiger partial charge in [-0.2, -0.15) is 0 Å². The molecule has 0 saturated heterocycles. The van der Waals surface area contributed by atoms with Crippen LogP contribution in [0, 0.1) is 0 Å². The highest BCUT2D eigenvalue weighted by Gasteiger charge is 2.15. The molecule has 0 aliphatic heterocycles. The van der Waals surface area contributed by atoms with Gasteiger partial charge in [-0.25, -0.2) is 0 Å². The first-order valence-electron chi connectivity index (χ1n) is 6.68. The van der Waals surface area contributed by atoms with Crippen LogP contribution in [-0.4, -0.2) is 9.97 Å². The first-order valence-corrected chi connectivity index (χ1v) is 7.06. The van der Waals surface area contributed by atoms with E-state index in [9.17, 15) is 9.59 Å². The van der Waals surface area contributed by atoms with Crippen molar-refractivity contribution in [2.24, 2.45) is 0 Å². The van der Waals surface area contributed by atoms with Crippen molar-refractivity contribution in [3.8, 4) is 0 Å². The van der Waals surface area contributed by atoms with Gasteiger partial charge in [0.05, 0.1) is 5.39 Å². The molecule has 0 atom stereocenters. The third kappa shape index (κ3) is 2.73. The molecule has 1 heterocycles. The number of aromatic nitrogens is 1. The highest BCUT2D eigenvalue weighted by atomic mass is 35.5. The van der Waals surface area contributed by atoms with Crippen LogP contribution in [0.3, 0.4) is 0 Å².